The van der Waals surface area contributed by atoms with Crippen LogP contribution >= 0.6 is 11.6 Å². The number of aromatic nitrogens is 4. The minimum atomic E-state index is -0.322. The molecule has 0 fully saturated rings. The van der Waals surface area contributed by atoms with E-state index >= 15 is 0 Å². The molecule has 2 N–H and O–H groups in total. The molecule has 7 heteroatoms. The van der Waals surface area contributed by atoms with E-state index in [4.69, 9.17) is 11.6 Å². The van der Waals surface area contributed by atoms with Crippen LogP contribution in [0.15, 0.2) is 54.9 Å². The van der Waals surface area contributed by atoms with Crippen LogP contribution in [-0.2, 0) is 0 Å². The maximum Gasteiger partial charge on any atom is 0.224 e. The lowest BCUT2D eigenvalue weighted by Gasteiger charge is -2.19. The molecule has 0 bridgehead atoms. The van der Waals surface area contributed by atoms with Gasteiger partial charge in [0.15, 0.2) is 0 Å². The fourth-order valence-electron chi connectivity index (χ4n) is 2.19. The van der Waals surface area contributed by atoms with E-state index in [2.05, 4.69) is 25.5 Å². The molecule has 3 aromatic rings. The average Bonchev–Trinajstić information content (AvgIpc) is 2.61. The molecule has 0 radical (unpaired) electrons. The third kappa shape index (κ3) is 3.61. The maximum absolute atomic E-state index is 9.70. The first kappa shape index (κ1) is 15.3. The van der Waals surface area contributed by atoms with E-state index in [9.17, 15) is 5.11 Å². The van der Waals surface area contributed by atoms with Crippen LogP contribution in [0, 0.1) is 0 Å². The van der Waals surface area contributed by atoms with Crippen LogP contribution in [0.25, 0.3) is 11.3 Å². The molecule has 0 saturated carbocycles. The highest BCUT2D eigenvalue weighted by Crippen LogP contribution is 2.27. The van der Waals surface area contributed by atoms with Crippen molar-refractivity contribution in [1.82, 2.24) is 20.2 Å². The Morgan fingerprint density at radius 1 is 1.13 bits per heavy atom. The fourth-order valence-corrected chi connectivity index (χ4v) is 2.32. The van der Waals surface area contributed by atoms with E-state index in [-0.39, 0.29) is 17.9 Å². The number of nitrogens with zero attached hydrogens (tertiary/aromatic N) is 4. The molecule has 116 valence electrons. The largest absolute Gasteiger partial charge is 0.394 e. The molecular formula is C16H14ClN5O. The van der Waals surface area contributed by atoms with Crippen molar-refractivity contribution in [3.05, 3.63) is 65.7 Å². The molecular weight excluding hydrogens is 314 g/mol. The Balaban J connectivity index is 1.97. The SMILES string of the molecule is OC[C@@H](Nc1nc(Cl)ncc1-c1cccnn1)c1ccccc1. The first-order valence-corrected chi connectivity index (χ1v) is 7.38. The third-order valence-electron chi connectivity index (χ3n) is 3.30. The quantitative estimate of drug-likeness (QED) is 0.701. The summed E-state index contributed by atoms with van der Waals surface area (Å²) in [4.78, 5) is 8.23. The van der Waals surface area contributed by atoms with Crippen LogP contribution in [0.2, 0.25) is 5.28 Å². The lowest BCUT2D eigenvalue weighted by molar-refractivity contribution is 0.276. The van der Waals surface area contributed by atoms with E-state index < -0.39 is 0 Å². The predicted octanol–water partition coefficient (Wildman–Crippen LogP) is 2.73. The van der Waals surface area contributed by atoms with E-state index in [0.717, 1.165) is 5.56 Å². The second-order valence-corrected chi connectivity index (χ2v) is 5.14. The molecule has 0 amide bonds. The summed E-state index contributed by atoms with van der Waals surface area (Å²) in [7, 11) is 0. The Kier molecular flexibility index (Phi) is 4.75. The number of hydrogen-bond acceptors (Lipinski definition) is 6. The third-order valence-corrected chi connectivity index (χ3v) is 3.49. The molecule has 6 nitrogen and oxygen atoms in total. The topological polar surface area (TPSA) is 83.8 Å². The Hall–Kier alpha value is -2.57. The number of hydrogen-bond donors (Lipinski definition) is 2. The van der Waals surface area contributed by atoms with Crippen LogP contribution in [0.4, 0.5) is 5.82 Å². The van der Waals surface area contributed by atoms with E-state index in [1.54, 1.807) is 24.5 Å². The number of anilines is 1. The van der Waals surface area contributed by atoms with E-state index in [1.165, 1.54) is 0 Å². The van der Waals surface area contributed by atoms with Crippen LogP contribution < -0.4 is 5.32 Å². The highest BCUT2D eigenvalue weighted by atomic mass is 35.5. The predicted molar refractivity (Wildman–Crippen MR) is 88.0 cm³/mol. The van der Waals surface area contributed by atoms with Crippen molar-refractivity contribution in [2.75, 3.05) is 11.9 Å². The summed E-state index contributed by atoms with van der Waals surface area (Å²) in [5.41, 5.74) is 2.23. The van der Waals surface area contributed by atoms with Crippen LogP contribution in [-0.4, -0.2) is 31.9 Å². The first-order valence-electron chi connectivity index (χ1n) is 7.01. The normalized spacial score (nSPS) is 11.9. The average molecular weight is 328 g/mol. The summed E-state index contributed by atoms with van der Waals surface area (Å²) in [6, 6.07) is 12.9. The van der Waals surface area contributed by atoms with Crippen molar-refractivity contribution in [2.45, 2.75) is 6.04 Å². The van der Waals surface area contributed by atoms with Gasteiger partial charge in [0.05, 0.1) is 23.9 Å². The second kappa shape index (κ2) is 7.13. The summed E-state index contributed by atoms with van der Waals surface area (Å²) in [6.07, 6.45) is 3.18. The Bertz CT molecular complexity index is 770. The molecule has 23 heavy (non-hydrogen) atoms. The van der Waals surface area contributed by atoms with Crippen molar-refractivity contribution in [2.24, 2.45) is 0 Å². The smallest absolute Gasteiger partial charge is 0.224 e. The monoisotopic (exact) mass is 327 g/mol. The van der Waals surface area contributed by atoms with Gasteiger partial charge in [-0.1, -0.05) is 30.3 Å². The number of aliphatic hydroxyl groups excluding tert-OH is 1. The second-order valence-electron chi connectivity index (χ2n) is 4.80. The molecule has 1 aromatic carbocycles. The summed E-state index contributed by atoms with van der Waals surface area (Å²) in [5, 5.41) is 21.0. The van der Waals surface area contributed by atoms with Crippen molar-refractivity contribution in [3.63, 3.8) is 0 Å². The molecule has 0 unspecified atom stereocenters. The highest BCUT2D eigenvalue weighted by Gasteiger charge is 2.16. The molecule has 0 aliphatic heterocycles. The van der Waals surface area contributed by atoms with Gasteiger partial charge >= 0.3 is 0 Å². The van der Waals surface area contributed by atoms with Crippen LogP contribution in [0.1, 0.15) is 11.6 Å². The summed E-state index contributed by atoms with van der Waals surface area (Å²) < 4.78 is 0. The van der Waals surface area contributed by atoms with Crippen LogP contribution in [0.5, 0.6) is 0 Å². The zero-order valence-electron chi connectivity index (χ0n) is 12.1. The van der Waals surface area contributed by atoms with E-state index in [0.29, 0.717) is 17.1 Å². The molecule has 0 aliphatic rings. The van der Waals surface area contributed by atoms with Crippen molar-refractivity contribution in [1.29, 1.82) is 0 Å². The zero-order chi connectivity index (χ0) is 16.1. The first-order chi connectivity index (χ1) is 11.3. The van der Waals surface area contributed by atoms with Gasteiger partial charge in [-0.3, -0.25) is 0 Å². The highest BCUT2D eigenvalue weighted by molar-refractivity contribution is 6.28. The lowest BCUT2D eigenvalue weighted by atomic mass is 10.1. The van der Waals surface area contributed by atoms with E-state index in [1.807, 2.05) is 30.3 Å². The van der Waals surface area contributed by atoms with Gasteiger partial charge in [0.25, 0.3) is 0 Å². The van der Waals surface area contributed by atoms with Crippen molar-refractivity contribution in [3.8, 4) is 11.3 Å². The summed E-state index contributed by atoms with van der Waals surface area (Å²) in [5.74, 6) is 0.494. The lowest BCUT2D eigenvalue weighted by Crippen LogP contribution is -2.16. The van der Waals surface area contributed by atoms with Gasteiger partial charge in [-0.15, -0.1) is 0 Å². The molecule has 2 aromatic heterocycles. The number of benzene rings is 1. The summed E-state index contributed by atoms with van der Waals surface area (Å²) >= 11 is 5.92. The van der Waals surface area contributed by atoms with Gasteiger partial charge in [0.2, 0.25) is 5.28 Å². The Labute approximate surface area is 138 Å². The molecule has 3 rings (SSSR count). The Morgan fingerprint density at radius 3 is 2.65 bits per heavy atom. The van der Waals surface area contributed by atoms with Crippen molar-refractivity contribution < 1.29 is 5.11 Å². The molecule has 1 atom stereocenters. The minimum Gasteiger partial charge on any atom is -0.394 e. The van der Waals surface area contributed by atoms with Gasteiger partial charge in [0, 0.05) is 12.4 Å². The zero-order valence-corrected chi connectivity index (χ0v) is 12.9. The van der Waals surface area contributed by atoms with Gasteiger partial charge in [-0.2, -0.15) is 10.2 Å². The van der Waals surface area contributed by atoms with Crippen molar-refractivity contribution >= 4 is 17.4 Å². The Morgan fingerprint density at radius 2 is 1.96 bits per heavy atom. The van der Waals surface area contributed by atoms with Gasteiger partial charge in [-0.05, 0) is 29.3 Å². The molecule has 0 saturated heterocycles. The standard InChI is InChI=1S/C16H14ClN5O/c17-16-18-9-12(13-7-4-8-19-22-13)15(21-16)20-14(10-23)11-5-2-1-3-6-11/h1-9,14,23H,10H2,(H,18,20,21)/t14-/m1/s1. The minimum absolute atomic E-state index is 0.0917. The number of nitrogens with one attached hydrogen (secondary N) is 1. The summed E-state index contributed by atoms with van der Waals surface area (Å²) in [6.45, 7) is -0.0917. The molecule has 0 spiro atoms. The molecule has 0 aliphatic carbocycles. The fraction of sp³-hybridized carbons (Fsp3) is 0.125. The molecule has 2 heterocycles. The van der Waals surface area contributed by atoms with Crippen LogP contribution in [0.3, 0.4) is 0 Å². The van der Waals surface area contributed by atoms with Gasteiger partial charge < -0.3 is 10.4 Å². The van der Waals surface area contributed by atoms with Gasteiger partial charge in [-0.25, -0.2) is 9.97 Å². The van der Waals surface area contributed by atoms with Gasteiger partial charge in [0.1, 0.15) is 5.82 Å². The number of rotatable bonds is 5. The number of aliphatic hydroxyl groups is 1. The maximum atomic E-state index is 9.70. The number of halogens is 1.